The van der Waals surface area contributed by atoms with Gasteiger partial charge in [0.25, 0.3) is 5.56 Å². The van der Waals surface area contributed by atoms with Crippen LogP contribution in [0.15, 0.2) is 20.8 Å². The average molecular weight is 424 g/mol. The number of hydrogen-bond acceptors (Lipinski definition) is 6. The van der Waals surface area contributed by atoms with Crippen LogP contribution >= 0.6 is 27.5 Å². The number of ether oxygens (including phenoxy) is 1. The van der Waals surface area contributed by atoms with Crippen LogP contribution in [0.3, 0.4) is 0 Å². The number of carbonyl (C=O) groups is 1. The fraction of sp³-hybridized carbons (Fsp3) is 0.500. The molecule has 1 aromatic heterocycles. The summed E-state index contributed by atoms with van der Waals surface area (Å²) in [6.07, 6.45) is -2.25. The monoisotopic (exact) mass is 422 g/mol. The summed E-state index contributed by atoms with van der Waals surface area (Å²) in [6, 6.07) is 0. The predicted octanol–water partition coefficient (Wildman–Crippen LogP) is 0.108. The molecule has 1 aliphatic rings. The number of H-pyrrole nitrogens is 1. The van der Waals surface area contributed by atoms with Gasteiger partial charge in [-0.25, -0.2) is 4.79 Å². The first-order valence-corrected chi connectivity index (χ1v) is 8.43. The van der Waals surface area contributed by atoms with E-state index in [0.717, 1.165) is 4.57 Å². The smallest absolute Gasteiger partial charge is 0.330 e. The highest BCUT2D eigenvalue weighted by atomic mass is 79.9. The third-order valence-electron chi connectivity index (χ3n) is 3.68. The molecule has 0 aromatic carbocycles. The summed E-state index contributed by atoms with van der Waals surface area (Å²) in [6.45, 7) is 1.40. The maximum absolute atomic E-state index is 12.0. The molecule has 2 rings (SSSR count). The number of nitrogens with zero attached hydrogens (tertiary/aromatic N) is 1. The van der Waals surface area contributed by atoms with E-state index in [1.165, 1.54) is 24.2 Å². The lowest BCUT2D eigenvalue weighted by Crippen LogP contribution is -2.43. The van der Waals surface area contributed by atoms with Gasteiger partial charge in [0.2, 0.25) is 0 Å². The molecule has 132 valence electrons. The van der Waals surface area contributed by atoms with Crippen molar-refractivity contribution < 1.29 is 19.7 Å². The Morgan fingerprint density at radius 2 is 2.25 bits per heavy atom. The van der Waals surface area contributed by atoms with Crippen LogP contribution in [0.4, 0.5) is 0 Å². The van der Waals surface area contributed by atoms with Gasteiger partial charge in [-0.05, 0) is 18.0 Å². The molecule has 8 nitrogen and oxygen atoms in total. The predicted molar refractivity (Wildman–Crippen MR) is 90.1 cm³/mol. The van der Waals surface area contributed by atoms with Crippen LogP contribution < -0.4 is 11.2 Å². The lowest BCUT2D eigenvalue weighted by Gasteiger charge is -2.21. The molecule has 1 fully saturated rings. The Hall–Kier alpha value is -1.26. The van der Waals surface area contributed by atoms with Crippen LogP contribution in [0.2, 0.25) is 0 Å². The van der Waals surface area contributed by atoms with E-state index in [0.29, 0.717) is 0 Å². The van der Waals surface area contributed by atoms with Crippen molar-refractivity contribution in [1.82, 2.24) is 9.55 Å². The first-order valence-electron chi connectivity index (χ1n) is 7.08. The van der Waals surface area contributed by atoms with Crippen molar-refractivity contribution >= 4 is 39.4 Å². The number of hydrogen-bond donors (Lipinski definition) is 3. The van der Waals surface area contributed by atoms with Crippen molar-refractivity contribution in [2.24, 2.45) is 0 Å². The topological polar surface area (TPSA) is 122 Å². The van der Waals surface area contributed by atoms with Crippen LogP contribution in [0.5, 0.6) is 0 Å². The van der Waals surface area contributed by atoms with Crippen LogP contribution in [0.25, 0.3) is 6.08 Å². The van der Waals surface area contributed by atoms with Crippen LogP contribution in [-0.2, 0) is 9.53 Å². The molecule has 1 aliphatic heterocycles. The summed E-state index contributed by atoms with van der Waals surface area (Å²) >= 11 is 8.69. The maximum atomic E-state index is 12.0. The minimum Gasteiger partial charge on any atom is -0.390 e. The number of aromatic amines is 1. The number of aromatic nitrogens is 2. The number of ketones is 1. The SMILES string of the molecule is CC(Cl)C(=O)C(O)[C@H]1O[C@@H](n2cc(/C=C/Br)c(=O)[nH]c2=O)C[C@@H]1O. The van der Waals surface area contributed by atoms with E-state index in [2.05, 4.69) is 20.9 Å². The van der Waals surface area contributed by atoms with Crippen molar-refractivity contribution in [3.8, 4) is 0 Å². The zero-order chi connectivity index (χ0) is 18.0. The molecule has 1 aromatic rings. The molecule has 3 N–H and O–H groups in total. The Morgan fingerprint density at radius 3 is 2.83 bits per heavy atom. The lowest BCUT2D eigenvalue weighted by molar-refractivity contribution is -0.140. The van der Waals surface area contributed by atoms with Crippen LogP contribution in [0, 0.1) is 0 Å². The second-order valence-electron chi connectivity index (χ2n) is 5.37. The van der Waals surface area contributed by atoms with Gasteiger partial charge in [-0.3, -0.25) is 19.1 Å². The molecule has 0 saturated carbocycles. The van der Waals surface area contributed by atoms with E-state index in [9.17, 15) is 24.6 Å². The Labute approximate surface area is 149 Å². The summed E-state index contributed by atoms with van der Waals surface area (Å²) in [5.74, 6) is -0.682. The van der Waals surface area contributed by atoms with Crippen LogP contribution in [-0.4, -0.2) is 49.2 Å². The lowest BCUT2D eigenvalue weighted by atomic mass is 10.0. The Bertz CT molecular complexity index is 758. The van der Waals surface area contributed by atoms with Gasteiger partial charge in [0, 0.05) is 12.6 Å². The van der Waals surface area contributed by atoms with Crippen molar-refractivity contribution in [3.05, 3.63) is 37.6 Å². The normalized spacial score (nSPS) is 26.6. The average Bonchev–Trinajstić information content (AvgIpc) is 2.90. The van der Waals surface area contributed by atoms with Gasteiger partial charge >= 0.3 is 5.69 Å². The van der Waals surface area contributed by atoms with Crippen LogP contribution in [0.1, 0.15) is 25.1 Å². The third kappa shape index (κ3) is 3.86. The molecular formula is C14H16BrClN2O6. The second-order valence-corrected chi connectivity index (χ2v) is 6.55. The molecule has 2 heterocycles. The number of alkyl halides is 1. The Balaban J connectivity index is 2.30. The molecule has 24 heavy (non-hydrogen) atoms. The zero-order valence-corrected chi connectivity index (χ0v) is 14.9. The second kappa shape index (κ2) is 7.75. The number of aliphatic hydroxyl groups is 2. The number of nitrogens with one attached hydrogen (secondary N) is 1. The van der Waals surface area contributed by atoms with Crippen molar-refractivity contribution in [3.63, 3.8) is 0 Å². The fourth-order valence-corrected chi connectivity index (χ4v) is 2.84. The first kappa shape index (κ1) is 19.1. The number of rotatable bonds is 5. The minimum absolute atomic E-state index is 0.0326. The highest BCUT2D eigenvalue weighted by molar-refractivity contribution is 9.11. The van der Waals surface area contributed by atoms with Gasteiger partial charge in [-0.1, -0.05) is 15.9 Å². The van der Waals surface area contributed by atoms with E-state index in [1.807, 2.05) is 0 Å². The van der Waals surface area contributed by atoms with Gasteiger partial charge < -0.3 is 14.9 Å². The maximum Gasteiger partial charge on any atom is 0.330 e. The molecule has 5 atom stereocenters. The minimum atomic E-state index is -1.61. The molecule has 0 aliphatic carbocycles. The zero-order valence-electron chi connectivity index (χ0n) is 12.6. The fourth-order valence-electron chi connectivity index (χ4n) is 2.43. The largest absolute Gasteiger partial charge is 0.390 e. The molecule has 0 spiro atoms. The summed E-state index contributed by atoms with van der Waals surface area (Å²) in [7, 11) is 0. The van der Waals surface area contributed by atoms with Gasteiger partial charge in [-0.15, -0.1) is 11.6 Å². The summed E-state index contributed by atoms with van der Waals surface area (Å²) in [5, 5.41) is 19.1. The number of halogens is 2. The number of Topliss-reactive ketones (excluding diaryl/α,β-unsaturated/α-hetero) is 1. The molecular weight excluding hydrogens is 408 g/mol. The molecule has 10 heteroatoms. The van der Waals surface area contributed by atoms with E-state index >= 15 is 0 Å². The Morgan fingerprint density at radius 1 is 1.58 bits per heavy atom. The molecule has 0 bridgehead atoms. The quantitative estimate of drug-likeness (QED) is 0.578. The van der Waals surface area contributed by atoms with Gasteiger partial charge in [-0.2, -0.15) is 0 Å². The van der Waals surface area contributed by atoms with Crippen molar-refractivity contribution in [2.45, 2.75) is 43.3 Å². The summed E-state index contributed by atoms with van der Waals surface area (Å²) in [5.41, 5.74) is -1.11. The van der Waals surface area contributed by atoms with E-state index < -0.39 is 46.9 Å². The Kier molecular flexibility index (Phi) is 6.16. The van der Waals surface area contributed by atoms with Gasteiger partial charge in [0.15, 0.2) is 5.78 Å². The molecule has 0 amide bonds. The first-order chi connectivity index (χ1) is 11.3. The highest BCUT2D eigenvalue weighted by Crippen LogP contribution is 2.30. The summed E-state index contributed by atoms with van der Waals surface area (Å²) < 4.78 is 6.56. The van der Waals surface area contributed by atoms with Gasteiger partial charge in [0.05, 0.1) is 17.0 Å². The van der Waals surface area contributed by atoms with E-state index in [1.54, 1.807) is 0 Å². The van der Waals surface area contributed by atoms with E-state index in [-0.39, 0.29) is 12.0 Å². The highest BCUT2D eigenvalue weighted by Gasteiger charge is 2.43. The number of carbonyl (C=O) groups excluding carboxylic acids is 1. The number of aliphatic hydroxyl groups excluding tert-OH is 2. The van der Waals surface area contributed by atoms with Crippen molar-refractivity contribution in [1.29, 1.82) is 0 Å². The standard InChI is InChI=1S/C14H16BrClN2O6/c1-6(16)10(20)11(21)12-8(19)4-9(24-12)18-5-7(2-3-15)13(22)17-14(18)23/h2-3,5-6,8-9,11-12,19,21H,4H2,1H3,(H,17,22,23)/b3-2+/t6?,8-,9+,11?,12-/m0/s1. The molecule has 2 unspecified atom stereocenters. The van der Waals surface area contributed by atoms with Crippen molar-refractivity contribution in [2.75, 3.05) is 0 Å². The summed E-state index contributed by atoms with van der Waals surface area (Å²) in [4.78, 5) is 39.0. The third-order valence-corrected chi connectivity index (χ3v) is 4.16. The van der Waals surface area contributed by atoms with E-state index in [4.69, 9.17) is 16.3 Å². The molecule has 0 radical (unpaired) electrons. The molecule has 1 saturated heterocycles. The van der Waals surface area contributed by atoms with Gasteiger partial charge in [0.1, 0.15) is 18.4 Å².